The normalized spacial score (nSPS) is 32.8. The van der Waals surface area contributed by atoms with Gasteiger partial charge < -0.3 is 10.2 Å². The predicted octanol–water partition coefficient (Wildman–Crippen LogP) is 6.69. The van der Waals surface area contributed by atoms with Crippen LogP contribution in [0, 0.1) is 17.8 Å². The molecule has 2 aromatic rings. The van der Waals surface area contributed by atoms with E-state index in [4.69, 9.17) is 11.6 Å². The minimum atomic E-state index is -0.150. The van der Waals surface area contributed by atoms with Crippen LogP contribution in [0.2, 0.25) is 0 Å². The van der Waals surface area contributed by atoms with Crippen LogP contribution in [0.1, 0.15) is 91.4 Å². The molecule has 6 aliphatic rings. The molecule has 2 aromatic carbocycles. The number of benzene rings is 2. The zero-order valence-corrected chi connectivity index (χ0v) is 23.0. The van der Waals surface area contributed by atoms with Gasteiger partial charge >= 0.3 is 0 Å². The van der Waals surface area contributed by atoms with E-state index >= 15 is 0 Å². The summed E-state index contributed by atoms with van der Waals surface area (Å²) < 4.78 is 0. The standard InChI is InChI=1S/C33H37ClN2O2/c1-2-26-15-28-27-6-4-3-5-25(27)14-29(28)31(36(26)30(37)19-34)23-7-9-24(10-8-23)32(38)35-33-16-20-11-21(17-33)13-22(12-20)18-33/h3-10,20-22,26,31H,2,11-19H2,1H3,(H,35,38)/t20?,21?,22?,26-,31-,33?/m0/s1. The minimum Gasteiger partial charge on any atom is -0.347 e. The molecule has 8 rings (SSSR count). The molecule has 4 bridgehead atoms. The Hall–Kier alpha value is -2.59. The molecular weight excluding hydrogens is 492 g/mol. The first-order valence-corrected chi connectivity index (χ1v) is 15.1. The topological polar surface area (TPSA) is 49.4 Å². The van der Waals surface area contributed by atoms with Gasteiger partial charge in [-0.2, -0.15) is 0 Å². The molecule has 0 unspecified atom stereocenters. The fourth-order valence-corrected chi connectivity index (χ4v) is 9.32. The van der Waals surface area contributed by atoms with E-state index in [2.05, 4.69) is 48.6 Å². The number of hydrogen-bond donors (Lipinski definition) is 1. The van der Waals surface area contributed by atoms with Crippen LogP contribution >= 0.6 is 11.6 Å². The van der Waals surface area contributed by atoms with Gasteiger partial charge in [-0.25, -0.2) is 0 Å². The lowest BCUT2D eigenvalue weighted by atomic mass is 9.53. The first-order chi connectivity index (χ1) is 18.5. The summed E-state index contributed by atoms with van der Waals surface area (Å²) in [6, 6.07) is 16.7. The summed E-state index contributed by atoms with van der Waals surface area (Å²) in [6.45, 7) is 2.15. The highest BCUT2D eigenvalue weighted by Crippen LogP contribution is 2.56. The number of rotatable bonds is 5. The van der Waals surface area contributed by atoms with Crippen LogP contribution in [0.25, 0.3) is 5.57 Å². The molecule has 1 N–H and O–H groups in total. The molecule has 0 spiro atoms. The van der Waals surface area contributed by atoms with Crippen LogP contribution < -0.4 is 5.32 Å². The fourth-order valence-electron chi connectivity index (χ4n) is 9.18. The van der Waals surface area contributed by atoms with Crippen molar-refractivity contribution >= 4 is 29.0 Å². The summed E-state index contributed by atoms with van der Waals surface area (Å²) in [6.07, 6.45) is 10.1. The van der Waals surface area contributed by atoms with Gasteiger partial charge in [0.15, 0.2) is 0 Å². The quantitative estimate of drug-likeness (QED) is 0.440. The second-order valence-electron chi connectivity index (χ2n) is 12.7. The first-order valence-electron chi connectivity index (χ1n) is 14.6. The maximum absolute atomic E-state index is 13.5. The van der Waals surface area contributed by atoms with Gasteiger partial charge in [0.1, 0.15) is 5.88 Å². The van der Waals surface area contributed by atoms with E-state index in [0.717, 1.165) is 61.8 Å². The van der Waals surface area contributed by atoms with Gasteiger partial charge in [-0.15, -0.1) is 11.6 Å². The van der Waals surface area contributed by atoms with Crippen LogP contribution in [0.3, 0.4) is 0 Å². The number of fused-ring (bicyclic) bond motifs is 2. The fraction of sp³-hybridized carbons (Fsp3) is 0.515. The van der Waals surface area contributed by atoms with E-state index in [1.807, 2.05) is 17.0 Å². The lowest BCUT2D eigenvalue weighted by Gasteiger charge is -2.56. The number of halogens is 1. The number of carbonyl (C=O) groups excluding carboxylic acids is 2. The van der Waals surface area contributed by atoms with E-state index < -0.39 is 0 Å². The Morgan fingerprint density at radius 2 is 1.63 bits per heavy atom. The highest BCUT2D eigenvalue weighted by atomic mass is 35.5. The van der Waals surface area contributed by atoms with E-state index in [1.165, 1.54) is 41.5 Å². The van der Waals surface area contributed by atoms with Crippen molar-refractivity contribution < 1.29 is 9.59 Å². The molecule has 0 saturated heterocycles. The number of amides is 2. The van der Waals surface area contributed by atoms with Crippen molar-refractivity contribution in [3.8, 4) is 0 Å². The largest absolute Gasteiger partial charge is 0.347 e. The van der Waals surface area contributed by atoms with Crippen LogP contribution in [-0.4, -0.2) is 34.2 Å². The summed E-state index contributed by atoms with van der Waals surface area (Å²) in [4.78, 5) is 28.7. The lowest BCUT2D eigenvalue weighted by molar-refractivity contribution is -0.133. The number of nitrogens with zero attached hydrogens (tertiary/aromatic N) is 1. The molecule has 2 atom stereocenters. The van der Waals surface area contributed by atoms with Crippen LogP contribution in [-0.2, 0) is 11.2 Å². The molecule has 1 heterocycles. The van der Waals surface area contributed by atoms with Gasteiger partial charge in [0, 0.05) is 17.1 Å². The van der Waals surface area contributed by atoms with Crippen molar-refractivity contribution in [1.29, 1.82) is 0 Å². The van der Waals surface area contributed by atoms with E-state index in [9.17, 15) is 9.59 Å². The van der Waals surface area contributed by atoms with Crippen molar-refractivity contribution in [3.05, 3.63) is 76.4 Å². The Bertz CT molecular complexity index is 1280. The monoisotopic (exact) mass is 528 g/mol. The van der Waals surface area contributed by atoms with Crippen LogP contribution in [0.15, 0.2) is 54.1 Å². The molecule has 2 amide bonds. The Morgan fingerprint density at radius 1 is 0.974 bits per heavy atom. The molecule has 198 valence electrons. The molecule has 38 heavy (non-hydrogen) atoms. The number of carbonyl (C=O) groups is 2. The summed E-state index contributed by atoms with van der Waals surface area (Å²) in [7, 11) is 0. The molecule has 4 nitrogen and oxygen atoms in total. The smallest absolute Gasteiger partial charge is 0.251 e. The van der Waals surface area contributed by atoms with Crippen molar-refractivity contribution in [2.45, 2.75) is 82.3 Å². The second kappa shape index (κ2) is 9.26. The van der Waals surface area contributed by atoms with E-state index in [0.29, 0.717) is 5.56 Å². The maximum Gasteiger partial charge on any atom is 0.251 e. The molecule has 1 aliphatic heterocycles. The summed E-state index contributed by atoms with van der Waals surface area (Å²) >= 11 is 6.15. The average molecular weight is 529 g/mol. The molecule has 5 aliphatic carbocycles. The molecule has 0 radical (unpaired) electrons. The van der Waals surface area contributed by atoms with Crippen molar-refractivity contribution in [2.75, 3.05) is 5.88 Å². The molecule has 5 heteroatoms. The Morgan fingerprint density at radius 3 is 2.26 bits per heavy atom. The Balaban J connectivity index is 1.19. The minimum absolute atomic E-state index is 0.00112. The molecule has 0 aromatic heterocycles. The zero-order valence-electron chi connectivity index (χ0n) is 22.2. The van der Waals surface area contributed by atoms with Gasteiger partial charge in [0.2, 0.25) is 5.91 Å². The predicted molar refractivity (Wildman–Crippen MR) is 151 cm³/mol. The van der Waals surface area contributed by atoms with Crippen LogP contribution in [0.5, 0.6) is 0 Å². The van der Waals surface area contributed by atoms with Crippen molar-refractivity contribution in [2.24, 2.45) is 17.8 Å². The van der Waals surface area contributed by atoms with E-state index in [-0.39, 0.29) is 35.3 Å². The molecule has 4 fully saturated rings. The SMILES string of the molecule is CC[C@H]1CC2=C(Cc3ccccc32)[C@H](c2ccc(C(=O)NC34CC5CC(CC(C5)C3)C4)cc2)N1C(=O)CCl. The highest BCUT2D eigenvalue weighted by molar-refractivity contribution is 6.27. The van der Waals surface area contributed by atoms with Gasteiger partial charge in [0.25, 0.3) is 5.91 Å². The van der Waals surface area contributed by atoms with Crippen molar-refractivity contribution in [1.82, 2.24) is 10.2 Å². The number of alkyl halides is 1. The van der Waals surface area contributed by atoms with Gasteiger partial charge in [-0.05, 0) is 116 Å². The third-order valence-corrected chi connectivity index (χ3v) is 10.6. The van der Waals surface area contributed by atoms with Gasteiger partial charge in [-0.3, -0.25) is 9.59 Å². The van der Waals surface area contributed by atoms with Crippen LogP contribution in [0.4, 0.5) is 0 Å². The van der Waals surface area contributed by atoms with Crippen molar-refractivity contribution in [3.63, 3.8) is 0 Å². The zero-order chi connectivity index (χ0) is 26.0. The molecule has 4 saturated carbocycles. The first kappa shape index (κ1) is 24.5. The van der Waals surface area contributed by atoms with Gasteiger partial charge in [-0.1, -0.05) is 43.3 Å². The highest BCUT2D eigenvalue weighted by Gasteiger charge is 2.51. The van der Waals surface area contributed by atoms with E-state index in [1.54, 1.807) is 0 Å². The Labute approximate surface area is 230 Å². The average Bonchev–Trinajstić information content (AvgIpc) is 3.29. The number of nitrogens with one attached hydrogen (secondary N) is 1. The third kappa shape index (κ3) is 3.94. The number of hydrogen-bond acceptors (Lipinski definition) is 2. The summed E-state index contributed by atoms with van der Waals surface area (Å²) in [5, 5.41) is 3.51. The van der Waals surface area contributed by atoms with Gasteiger partial charge in [0.05, 0.1) is 6.04 Å². The lowest BCUT2D eigenvalue weighted by Crippen LogP contribution is -2.59. The Kier molecular flexibility index (Phi) is 5.96. The molecular formula is C33H37ClN2O2. The summed E-state index contributed by atoms with van der Waals surface area (Å²) in [5.74, 6) is 2.40. The second-order valence-corrected chi connectivity index (χ2v) is 13.0. The summed E-state index contributed by atoms with van der Waals surface area (Å²) in [5.41, 5.74) is 7.14. The third-order valence-electron chi connectivity index (χ3n) is 10.3. The maximum atomic E-state index is 13.5.